The van der Waals surface area contributed by atoms with E-state index < -0.39 is 12.6 Å². The van der Waals surface area contributed by atoms with Crippen LogP contribution in [0.1, 0.15) is 0 Å². The van der Waals surface area contributed by atoms with E-state index in [-0.39, 0.29) is 5.82 Å². The molecule has 1 heterocycles. The van der Waals surface area contributed by atoms with Gasteiger partial charge < -0.3 is 14.3 Å². The average Bonchev–Trinajstić information content (AvgIpc) is 2.49. The van der Waals surface area contributed by atoms with E-state index in [4.69, 9.17) is 4.74 Å². The van der Waals surface area contributed by atoms with Gasteiger partial charge in [-0.05, 0) is 24.3 Å². The smallest absolute Gasteiger partial charge is 0.439 e. The number of carbonyl (C=O) groups is 1. The van der Waals surface area contributed by atoms with Crippen molar-refractivity contribution >= 4 is 6.16 Å². The van der Waals surface area contributed by atoms with E-state index in [1.54, 1.807) is 0 Å². The molecule has 1 aromatic carbocycles. The normalized spacial score (nSPS) is 20.9. The Hall–Kier alpha value is -1.82. The monoisotopic (exact) mass is 213 g/mol. The van der Waals surface area contributed by atoms with E-state index in [0.717, 1.165) is 5.06 Å². The van der Waals surface area contributed by atoms with Gasteiger partial charge in [0.2, 0.25) is 0 Å². The Labute approximate surface area is 84.9 Å². The molecule has 0 aromatic heterocycles. The van der Waals surface area contributed by atoms with Crippen molar-refractivity contribution < 1.29 is 23.5 Å². The Morgan fingerprint density at radius 1 is 1.40 bits per heavy atom. The van der Waals surface area contributed by atoms with Crippen molar-refractivity contribution in [3.63, 3.8) is 0 Å². The van der Waals surface area contributed by atoms with Crippen LogP contribution in [-0.4, -0.2) is 24.7 Å². The highest BCUT2D eigenvalue weighted by Gasteiger charge is 2.33. The molecule has 1 fully saturated rings. The second kappa shape index (κ2) is 3.74. The summed E-state index contributed by atoms with van der Waals surface area (Å²) in [7, 11) is 1.49. The van der Waals surface area contributed by atoms with E-state index in [2.05, 4.69) is 9.57 Å². The molecule has 1 aliphatic rings. The second-order valence-electron chi connectivity index (χ2n) is 2.88. The summed E-state index contributed by atoms with van der Waals surface area (Å²) in [5.41, 5.74) is 0. The number of carbonyl (C=O) groups excluding carboxylic acids is 1. The SMILES string of the molecule is CN1OC(=O)OC1Oc1ccc(F)cc1. The fourth-order valence-corrected chi connectivity index (χ4v) is 1.07. The minimum absolute atomic E-state index is 0.365. The molecule has 1 aliphatic heterocycles. The number of benzene rings is 1. The summed E-state index contributed by atoms with van der Waals surface area (Å²) in [5, 5.41) is 1.12. The molecular weight excluding hydrogens is 205 g/mol. The van der Waals surface area contributed by atoms with Crippen LogP contribution in [0, 0.1) is 5.82 Å². The van der Waals surface area contributed by atoms with Gasteiger partial charge in [-0.15, -0.1) is 0 Å². The van der Waals surface area contributed by atoms with Gasteiger partial charge in [0, 0.05) is 7.05 Å². The fraction of sp³-hybridized carbons (Fsp3) is 0.222. The quantitative estimate of drug-likeness (QED) is 0.697. The lowest BCUT2D eigenvalue weighted by Gasteiger charge is -2.14. The molecule has 2 rings (SSSR count). The fourth-order valence-electron chi connectivity index (χ4n) is 1.07. The number of ether oxygens (including phenoxy) is 2. The van der Waals surface area contributed by atoms with E-state index in [1.165, 1.54) is 31.3 Å². The summed E-state index contributed by atoms with van der Waals surface area (Å²) < 4.78 is 22.4. The summed E-state index contributed by atoms with van der Waals surface area (Å²) in [4.78, 5) is 15.2. The third-order valence-electron chi connectivity index (χ3n) is 1.76. The molecular formula is C9H8FNO4. The zero-order chi connectivity index (χ0) is 10.8. The molecule has 1 saturated heterocycles. The van der Waals surface area contributed by atoms with Crippen LogP contribution < -0.4 is 4.74 Å². The largest absolute Gasteiger partial charge is 0.532 e. The summed E-state index contributed by atoms with van der Waals surface area (Å²) in [6, 6.07) is 5.34. The van der Waals surface area contributed by atoms with Crippen LogP contribution in [0.25, 0.3) is 0 Å². The van der Waals surface area contributed by atoms with Crippen molar-refractivity contribution in [3.8, 4) is 5.75 Å². The van der Waals surface area contributed by atoms with Crippen molar-refractivity contribution in [2.75, 3.05) is 7.05 Å². The van der Waals surface area contributed by atoms with Gasteiger partial charge in [0.25, 0.3) is 0 Å². The first-order chi connectivity index (χ1) is 7.15. The van der Waals surface area contributed by atoms with E-state index >= 15 is 0 Å². The van der Waals surface area contributed by atoms with Crippen LogP contribution >= 0.6 is 0 Å². The van der Waals surface area contributed by atoms with Crippen molar-refractivity contribution in [3.05, 3.63) is 30.1 Å². The van der Waals surface area contributed by atoms with Crippen LogP contribution in [0.4, 0.5) is 9.18 Å². The standard InChI is InChI=1S/C9H8FNO4/c1-11-8(14-9(12)15-11)13-7-4-2-6(10)3-5-7/h2-5,8H,1H3. The minimum atomic E-state index is -0.942. The van der Waals surface area contributed by atoms with E-state index in [1.807, 2.05) is 0 Å². The zero-order valence-electron chi connectivity index (χ0n) is 7.84. The van der Waals surface area contributed by atoms with Gasteiger partial charge in [-0.3, -0.25) is 0 Å². The number of halogens is 1. The van der Waals surface area contributed by atoms with Gasteiger partial charge in [-0.25, -0.2) is 9.18 Å². The third-order valence-corrected chi connectivity index (χ3v) is 1.76. The lowest BCUT2D eigenvalue weighted by atomic mass is 10.3. The first kappa shape index (κ1) is 9.72. The number of hydrogen-bond donors (Lipinski definition) is 0. The van der Waals surface area contributed by atoms with E-state index in [9.17, 15) is 9.18 Å². The Kier molecular flexibility index (Phi) is 2.42. The number of nitrogens with zero attached hydrogens (tertiary/aromatic N) is 1. The minimum Gasteiger partial charge on any atom is -0.439 e. The van der Waals surface area contributed by atoms with Crippen LogP contribution in [0.2, 0.25) is 0 Å². The zero-order valence-corrected chi connectivity index (χ0v) is 7.84. The molecule has 1 unspecified atom stereocenters. The molecule has 15 heavy (non-hydrogen) atoms. The predicted molar refractivity (Wildman–Crippen MR) is 46.1 cm³/mol. The molecule has 0 amide bonds. The van der Waals surface area contributed by atoms with Crippen LogP contribution in [0.15, 0.2) is 24.3 Å². The average molecular weight is 213 g/mol. The van der Waals surface area contributed by atoms with Crippen LogP contribution in [0.3, 0.4) is 0 Å². The van der Waals surface area contributed by atoms with Gasteiger partial charge in [0.1, 0.15) is 11.6 Å². The highest BCUT2D eigenvalue weighted by molar-refractivity contribution is 5.60. The first-order valence-corrected chi connectivity index (χ1v) is 4.19. The van der Waals surface area contributed by atoms with Crippen LogP contribution in [-0.2, 0) is 9.57 Å². The van der Waals surface area contributed by atoms with Crippen molar-refractivity contribution in [2.24, 2.45) is 0 Å². The molecule has 0 saturated carbocycles. The molecule has 1 atom stereocenters. The second-order valence-corrected chi connectivity index (χ2v) is 2.88. The van der Waals surface area contributed by atoms with Crippen molar-refractivity contribution in [1.82, 2.24) is 5.06 Å². The predicted octanol–water partition coefficient (Wildman–Crippen LogP) is 1.50. The number of cyclic esters (lactones) is 1. The van der Waals surface area contributed by atoms with Crippen molar-refractivity contribution in [2.45, 2.75) is 6.41 Å². The molecule has 0 N–H and O–H groups in total. The molecule has 0 aliphatic carbocycles. The number of rotatable bonds is 2. The summed E-state index contributed by atoms with van der Waals surface area (Å²) >= 11 is 0. The molecule has 1 aromatic rings. The van der Waals surface area contributed by atoms with Gasteiger partial charge in [0.05, 0.1) is 0 Å². The summed E-state index contributed by atoms with van der Waals surface area (Å²) in [5.74, 6) is 0.0157. The molecule has 0 radical (unpaired) electrons. The number of hydrogen-bond acceptors (Lipinski definition) is 5. The maximum Gasteiger partial charge on any atom is 0.532 e. The maximum atomic E-state index is 12.6. The van der Waals surface area contributed by atoms with E-state index in [0.29, 0.717) is 5.75 Å². The molecule has 80 valence electrons. The van der Waals surface area contributed by atoms with Gasteiger partial charge in [0.15, 0.2) is 0 Å². The van der Waals surface area contributed by atoms with Crippen LogP contribution in [0.5, 0.6) is 5.75 Å². The molecule has 5 nitrogen and oxygen atoms in total. The molecule has 0 bridgehead atoms. The van der Waals surface area contributed by atoms with Crippen molar-refractivity contribution in [1.29, 1.82) is 0 Å². The molecule has 6 heteroatoms. The van der Waals surface area contributed by atoms with Gasteiger partial charge in [-0.1, -0.05) is 5.06 Å². The highest BCUT2D eigenvalue weighted by atomic mass is 19.1. The third kappa shape index (κ3) is 2.16. The summed E-state index contributed by atoms with van der Waals surface area (Å²) in [6.07, 6.45) is -1.77. The Morgan fingerprint density at radius 3 is 2.60 bits per heavy atom. The Bertz CT molecular complexity index is 367. The summed E-state index contributed by atoms with van der Waals surface area (Å²) in [6.45, 7) is 0. The topological polar surface area (TPSA) is 48.0 Å². The molecule has 0 spiro atoms. The van der Waals surface area contributed by atoms with Gasteiger partial charge in [-0.2, -0.15) is 0 Å². The highest BCUT2D eigenvalue weighted by Crippen LogP contribution is 2.18. The Morgan fingerprint density at radius 2 is 2.07 bits per heavy atom. The lowest BCUT2D eigenvalue weighted by molar-refractivity contribution is -0.166. The number of hydroxylamine groups is 2. The maximum absolute atomic E-state index is 12.6. The first-order valence-electron chi connectivity index (χ1n) is 4.19. The Balaban J connectivity index is 2.03. The van der Waals surface area contributed by atoms with Gasteiger partial charge >= 0.3 is 12.6 Å². The lowest BCUT2D eigenvalue weighted by Crippen LogP contribution is -2.30.